The molecule has 0 saturated carbocycles. The van der Waals surface area contributed by atoms with Gasteiger partial charge in [0.25, 0.3) is 0 Å². The topological polar surface area (TPSA) is 30.0 Å². The predicted octanol–water partition coefficient (Wildman–Crippen LogP) is 2.31. The van der Waals surface area contributed by atoms with Gasteiger partial charge in [-0.05, 0) is 51.9 Å². The van der Waals surface area contributed by atoms with Gasteiger partial charge in [-0.2, -0.15) is 0 Å². The first kappa shape index (κ1) is 19.7. The summed E-state index contributed by atoms with van der Waals surface area (Å²) in [6.07, 6.45) is 2.49. The number of hydrogen-bond acceptors (Lipinski definition) is 4. The lowest BCUT2D eigenvalue weighted by Gasteiger charge is -2.39. The highest BCUT2D eigenvalue weighted by molar-refractivity contribution is 5.73. The van der Waals surface area contributed by atoms with E-state index in [9.17, 15) is 4.79 Å². The molecule has 4 rings (SSSR count). The Kier molecular flexibility index (Phi) is 5.41. The van der Waals surface area contributed by atoms with Gasteiger partial charge in [-0.1, -0.05) is 17.7 Å². The van der Waals surface area contributed by atoms with Gasteiger partial charge in [0.2, 0.25) is 5.91 Å². The monoisotopic (exact) mass is 384 g/mol. The van der Waals surface area contributed by atoms with E-state index in [-0.39, 0.29) is 11.3 Å². The van der Waals surface area contributed by atoms with Gasteiger partial charge in [-0.25, -0.2) is 0 Å². The maximum absolute atomic E-state index is 12.0. The van der Waals surface area contributed by atoms with Crippen LogP contribution >= 0.6 is 0 Å². The van der Waals surface area contributed by atoms with Crippen LogP contribution in [0.4, 0.5) is 5.69 Å². The molecule has 1 aromatic carbocycles. The number of likely N-dealkylation sites (tertiary alicyclic amines) is 2. The van der Waals surface area contributed by atoms with Crippen LogP contribution in [0.25, 0.3) is 0 Å². The maximum Gasteiger partial charge on any atom is 0.219 e. The molecule has 0 bridgehead atoms. The molecule has 28 heavy (non-hydrogen) atoms. The molecular formula is C23H36N4O. The molecule has 0 aliphatic carbocycles. The summed E-state index contributed by atoms with van der Waals surface area (Å²) in [7, 11) is 4.34. The van der Waals surface area contributed by atoms with Crippen molar-refractivity contribution in [3.8, 4) is 0 Å². The summed E-state index contributed by atoms with van der Waals surface area (Å²) in [5.41, 5.74) is 2.94. The van der Waals surface area contributed by atoms with E-state index in [4.69, 9.17) is 0 Å². The lowest BCUT2D eigenvalue weighted by atomic mass is 9.80. The highest BCUT2D eigenvalue weighted by atomic mass is 16.2. The molecular weight excluding hydrogens is 348 g/mol. The summed E-state index contributed by atoms with van der Waals surface area (Å²) >= 11 is 0. The van der Waals surface area contributed by atoms with Crippen molar-refractivity contribution in [1.82, 2.24) is 14.7 Å². The van der Waals surface area contributed by atoms with E-state index < -0.39 is 0 Å². The molecule has 3 aliphatic heterocycles. The molecule has 154 valence electrons. The normalized spacial score (nSPS) is 29.0. The van der Waals surface area contributed by atoms with E-state index in [1.165, 1.54) is 24.1 Å². The summed E-state index contributed by atoms with van der Waals surface area (Å²) in [5.74, 6) is 0.861. The van der Waals surface area contributed by atoms with Crippen molar-refractivity contribution in [3.63, 3.8) is 0 Å². The molecule has 5 heteroatoms. The number of anilines is 1. The third-order valence-electron chi connectivity index (χ3n) is 7.24. The summed E-state index contributed by atoms with van der Waals surface area (Å²) in [6, 6.07) is 9.65. The van der Waals surface area contributed by atoms with Gasteiger partial charge < -0.3 is 14.7 Å². The second kappa shape index (κ2) is 7.68. The SMILES string of the molecule is CC(=O)N1CC2CN(C3CCN(c4ccc(C)cc4)CC3)CC2(CN(C)C)C1. The Morgan fingerprint density at radius 2 is 1.79 bits per heavy atom. The number of aryl methyl sites for hydroxylation is 1. The Bertz CT molecular complexity index is 695. The lowest BCUT2D eigenvalue weighted by Crippen LogP contribution is -2.47. The number of hydrogen-bond donors (Lipinski definition) is 0. The van der Waals surface area contributed by atoms with Crippen molar-refractivity contribution >= 4 is 11.6 Å². The number of piperidine rings is 1. The highest BCUT2D eigenvalue weighted by Crippen LogP contribution is 2.44. The molecule has 0 spiro atoms. The zero-order chi connectivity index (χ0) is 19.9. The molecule has 1 amide bonds. The largest absolute Gasteiger partial charge is 0.371 e. The minimum absolute atomic E-state index is 0.241. The molecule has 5 nitrogen and oxygen atoms in total. The number of fused-ring (bicyclic) bond motifs is 1. The number of benzene rings is 1. The first-order valence-corrected chi connectivity index (χ1v) is 10.8. The van der Waals surface area contributed by atoms with Crippen molar-refractivity contribution in [2.45, 2.75) is 32.7 Å². The van der Waals surface area contributed by atoms with E-state index in [0.717, 1.165) is 45.8 Å². The van der Waals surface area contributed by atoms with Crippen LogP contribution in [0.15, 0.2) is 24.3 Å². The lowest BCUT2D eigenvalue weighted by molar-refractivity contribution is -0.128. The number of carbonyl (C=O) groups is 1. The van der Waals surface area contributed by atoms with Crippen molar-refractivity contribution < 1.29 is 4.79 Å². The second-order valence-electron chi connectivity index (χ2n) is 9.68. The first-order chi connectivity index (χ1) is 13.4. The fourth-order valence-corrected chi connectivity index (χ4v) is 5.84. The summed E-state index contributed by atoms with van der Waals surface area (Å²) in [5, 5.41) is 0. The zero-order valence-electron chi connectivity index (χ0n) is 18.0. The van der Waals surface area contributed by atoms with Gasteiger partial charge in [-0.3, -0.25) is 9.69 Å². The van der Waals surface area contributed by atoms with Crippen molar-refractivity contribution in [2.24, 2.45) is 11.3 Å². The third kappa shape index (κ3) is 3.79. The molecule has 3 heterocycles. The zero-order valence-corrected chi connectivity index (χ0v) is 18.0. The van der Waals surface area contributed by atoms with Gasteiger partial charge in [0.05, 0.1) is 0 Å². The quantitative estimate of drug-likeness (QED) is 0.797. The standard InChI is InChI=1S/C23H36N4O/c1-18-5-7-21(8-6-18)25-11-9-22(10-12-25)27-14-20-13-26(19(2)28)16-23(20,17-27)15-24(3)4/h5-8,20,22H,9-17H2,1-4H3. The van der Waals surface area contributed by atoms with Crippen LogP contribution in [0.5, 0.6) is 0 Å². The summed E-state index contributed by atoms with van der Waals surface area (Å²) < 4.78 is 0. The molecule has 0 aromatic heterocycles. The van der Waals surface area contributed by atoms with Gasteiger partial charge in [0, 0.05) is 69.9 Å². The Labute approximate surface area is 170 Å². The van der Waals surface area contributed by atoms with Crippen LogP contribution in [-0.2, 0) is 4.79 Å². The number of amides is 1. The predicted molar refractivity (Wildman–Crippen MR) is 115 cm³/mol. The van der Waals surface area contributed by atoms with Crippen molar-refractivity contribution in [3.05, 3.63) is 29.8 Å². The smallest absolute Gasteiger partial charge is 0.219 e. The summed E-state index contributed by atoms with van der Waals surface area (Å²) in [6.45, 7) is 11.4. The number of nitrogens with zero attached hydrogens (tertiary/aromatic N) is 4. The molecule has 0 radical (unpaired) electrons. The van der Waals surface area contributed by atoms with Crippen LogP contribution < -0.4 is 4.90 Å². The Morgan fingerprint density at radius 3 is 2.39 bits per heavy atom. The van der Waals surface area contributed by atoms with Crippen LogP contribution in [0.3, 0.4) is 0 Å². The average Bonchev–Trinajstić information content (AvgIpc) is 3.16. The van der Waals surface area contributed by atoms with Crippen molar-refractivity contribution in [2.75, 3.05) is 64.8 Å². The fourth-order valence-electron chi connectivity index (χ4n) is 5.84. The average molecular weight is 385 g/mol. The van der Waals surface area contributed by atoms with Gasteiger partial charge in [0.1, 0.15) is 0 Å². The van der Waals surface area contributed by atoms with E-state index >= 15 is 0 Å². The summed E-state index contributed by atoms with van der Waals surface area (Å²) in [4.78, 5) is 21.7. The molecule has 2 unspecified atom stereocenters. The van der Waals surface area contributed by atoms with Crippen LogP contribution in [-0.4, -0.2) is 86.6 Å². The van der Waals surface area contributed by atoms with Gasteiger partial charge in [0.15, 0.2) is 0 Å². The maximum atomic E-state index is 12.0. The fraction of sp³-hybridized carbons (Fsp3) is 0.696. The van der Waals surface area contributed by atoms with Crippen LogP contribution in [0.2, 0.25) is 0 Å². The minimum atomic E-state index is 0.241. The highest BCUT2D eigenvalue weighted by Gasteiger charge is 2.54. The molecule has 2 atom stereocenters. The Hall–Kier alpha value is -1.59. The first-order valence-electron chi connectivity index (χ1n) is 10.8. The Balaban J connectivity index is 1.39. The van der Waals surface area contributed by atoms with Crippen molar-refractivity contribution in [1.29, 1.82) is 0 Å². The minimum Gasteiger partial charge on any atom is -0.371 e. The van der Waals surface area contributed by atoms with Crippen LogP contribution in [0.1, 0.15) is 25.3 Å². The van der Waals surface area contributed by atoms with E-state index in [1.54, 1.807) is 6.92 Å². The molecule has 3 fully saturated rings. The molecule has 3 aliphatic rings. The van der Waals surface area contributed by atoms with Gasteiger partial charge in [-0.15, -0.1) is 0 Å². The Morgan fingerprint density at radius 1 is 1.11 bits per heavy atom. The van der Waals surface area contributed by atoms with Crippen LogP contribution in [0, 0.1) is 18.3 Å². The van der Waals surface area contributed by atoms with Gasteiger partial charge >= 0.3 is 0 Å². The van der Waals surface area contributed by atoms with E-state index in [1.807, 2.05) is 0 Å². The number of rotatable bonds is 4. The number of carbonyl (C=O) groups excluding carboxylic acids is 1. The molecule has 3 saturated heterocycles. The third-order valence-corrected chi connectivity index (χ3v) is 7.24. The molecule has 1 aromatic rings. The molecule has 0 N–H and O–H groups in total. The van der Waals surface area contributed by atoms with E-state index in [0.29, 0.717) is 12.0 Å². The second-order valence-corrected chi connectivity index (χ2v) is 9.68. The van der Waals surface area contributed by atoms with E-state index in [2.05, 4.69) is 64.9 Å².